The van der Waals surface area contributed by atoms with Crippen molar-refractivity contribution in [2.24, 2.45) is 0 Å². The lowest BCUT2D eigenvalue weighted by Crippen LogP contribution is -2.31. The Labute approximate surface area is 133 Å². The summed E-state index contributed by atoms with van der Waals surface area (Å²) in [6.45, 7) is 1.78. The first-order chi connectivity index (χ1) is 10.6. The Morgan fingerprint density at radius 2 is 2.00 bits per heavy atom. The number of rotatable bonds is 6. The third kappa shape index (κ3) is 4.08. The van der Waals surface area contributed by atoms with E-state index in [1.165, 1.54) is 0 Å². The van der Waals surface area contributed by atoms with Crippen LogP contribution in [0, 0.1) is 0 Å². The number of benzene rings is 1. The average Bonchev–Trinajstić information content (AvgIpc) is 3.07. The van der Waals surface area contributed by atoms with E-state index < -0.39 is 0 Å². The standard InChI is InChI=1S/C16H18N2O3S/c1-11(14-8-5-9-22-14)18-15(19)10-21-13-7-4-3-6-12(13)16(20)17-2/h3-9,11H,10H2,1-2H3,(H,17,20)(H,18,19). The maximum absolute atomic E-state index is 11.9. The van der Waals surface area contributed by atoms with E-state index in [0.717, 1.165) is 4.88 Å². The van der Waals surface area contributed by atoms with Crippen molar-refractivity contribution in [2.75, 3.05) is 13.7 Å². The quantitative estimate of drug-likeness (QED) is 0.859. The van der Waals surface area contributed by atoms with E-state index in [2.05, 4.69) is 10.6 Å². The van der Waals surface area contributed by atoms with Gasteiger partial charge in [0.2, 0.25) is 0 Å². The molecule has 0 aliphatic heterocycles. The van der Waals surface area contributed by atoms with Crippen molar-refractivity contribution < 1.29 is 14.3 Å². The maximum atomic E-state index is 11.9. The summed E-state index contributed by atoms with van der Waals surface area (Å²) < 4.78 is 5.47. The van der Waals surface area contributed by atoms with Crippen LogP contribution in [-0.2, 0) is 4.79 Å². The van der Waals surface area contributed by atoms with Crippen LogP contribution in [-0.4, -0.2) is 25.5 Å². The average molecular weight is 318 g/mol. The van der Waals surface area contributed by atoms with Crippen LogP contribution in [0.2, 0.25) is 0 Å². The summed E-state index contributed by atoms with van der Waals surface area (Å²) in [5.74, 6) is -0.0867. The second-order valence-corrected chi connectivity index (χ2v) is 5.65. The molecule has 1 aromatic heterocycles. The summed E-state index contributed by atoms with van der Waals surface area (Å²) in [4.78, 5) is 24.7. The molecule has 2 amide bonds. The highest BCUT2D eigenvalue weighted by atomic mass is 32.1. The molecule has 0 fully saturated rings. The van der Waals surface area contributed by atoms with Gasteiger partial charge in [-0.1, -0.05) is 18.2 Å². The third-order valence-corrected chi connectivity index (χ3v) is 4.12. The first-order valence-electron chi connectivity index (χ1n) is 6.88. The minimum Gasteiger partial charge on any atom is -0.483 e. The van der Waals surface area contributed by atoms with E-state index in [0.29, 0.717) is 11.3 Å². The molecule has 2 rings (SSSR count). The summed E-state index contributed by atoms with van der Waals surface area (Å²) in [6, 6.07) is 10.7. The van der Waals surface area contributed by atoms with E-state index in [9.17, 15) is 9.59 Å². The lowest BCUT2D eigenvalue weighted by molar-refractivity contribution is -0.123. The lowest BCUT2D eigenvalue weighted by atomic mass is 10.2. The highest BCUT2D eigenvalue weighted by molar-refractivity contribution is 7.10. The fraction of sp³-hybridized carbons (Fsp3) is 0.250. The fourth-order valence-corrected chi connectivity index (χ4v) is 2.68. The molecule has 6 heteroatoms. The highest BCUT2D eigenvalue weighted by Crippen LogP contribution is 2.19. The van der Waals surface area contributed by atoms with Crippen LogP contribution in [0.3, 0.4) is 0 Å². The van der Waals surface area contributed by atoms with Gasteiger partial charge in [-0.15, -0.1) is 11.3 Å². The van der Waals surface area contributed by atoms with Gasteiger partial charge in [-0.05, 0) is 30.5 Å². The molecule has 1 aromatic carbocycles. The van der Waals surface area contributed by atoms with Gasteiger partial charge < -0.3 is 15.4 Å². The van der Waals surface area contributed by atoms with Crippen LogP contribution in [0.1, 0.15) is 28.2 Å². The van der Waals surface area contributed by atoms with Crippen molar-refractivity contribution >= 4 is 23.2 Å². The first kappa shape index (κ1) is 16.0. The topological polar surface area (TPSA) is 67.4 Å². The van der Waals surface area contributed by atoms with Crippen molar-refractivity contribution in [3.05, 3.63) is 52.2 Å². The SMILES string of the molecule is CNC(=O)c1ccccc1OCC(=O)NC(C)c1cccs1. The highest BCUT2D eigenvalue weighted by Gasteiger charge is 2.14. The van der Waals surface area contributed by atoms with Crippen LogP contribution in [0.4, 0.5) is 0 Å². The maximum Gasteiger partial charge on any atom is 0.258 e. The molecular formula is C16H18N2O3S. The molecule has 2 aromatic rings. The predicted molar refractivity (Wildman–Crippen MR) is 86.2 cm³/mol. The van der Waals surface area contributed by atoms with Crippen molar-refractivity contribution in [2.45, 2.75) is 13.0 Å². The zero-order chi connectivity index (χ0) is 15.9. The molecule has 0 saturated carbocycles. The Morgan fingerprint density at radius 1 is 1.23 bits per heavy atom. The van der Waals surface area contributed by atoms with E-state index >= 15 is 0 Å². The number of para-hydroxylation sites is 1. The molecule has 0 aliphatic rings. The lowest BCUT2D eigenvalue weighted by Gasteiger charge is -2.14. The number of nitrogens with one attached hydrogen (secondary N) is 2. The summed E-state index contributed by atoms with van der Waals surface area (Å²) in [5.41, 5.74) is 0.407. The Hall–Kier alpha value is -2.34. The Balaban J connectivity index is 1.93. The smallest absolute Gasteiger partial charge is 0.258 e. The zero-order valence-electron chi connectivity index (χ0n) is 12.5. The normalized spacial score (nSPS) is 11.5. The number of ether oxygens (including phenoxy) is 1. The molecule has 0 bridgehead atoms. The van der Waals surface area contributed by atoms with Crippen molar-refractivity contribution in [3.63, 3.8) is 0 Å². The number of amides is 2. The van der Waals surface area contributed by atoms with Gasteiger partial charge in [0, 0.05) is 11.9 Å². The van der Waals surface area contributed by atoms with E-state index in [1.54, 1.807) is 42.6 Å². The van der Waals surface area contributed by atoms with Crippen molar-refractivity contribution in [3.8, 4) is 5.75 Å². The van der Waals surface area contributed by atoms with Gasteiger partial charge in [-0.2, -0.15) is 0 Å². The second kappa shape index (κ2) is 7.61. The monoisotopic (exact) mass is 318 g/mol. The number of hydrogen-bond acceptors (Lipinski definition) is 4. The molecule has 0 radical (unpaired) electrons. The van der Waals surface area contributed by atoms with E-state index in [-0.39, 0.29) is 24.5 Å². The minimum absolute atomic E-state index is 0.0646. The third-order valence-electron chi connectivity index (χ3n) is 3.06. The Bertz CT molecular complexity index is 641. The van der Waals surface area contributed by atoms with Crippen LogP contribution in [0.5, 0.6) is 5.75 Å². The first-order valence-corrected chi connectivity index (χ1v) is 7.76. The molecule has 22 heavy (non-hydrogen) atoms. The summed E-state index contributed by atoms with van der Waals surface area (Å²) in [7, 11) is 1.55. The minimum atomic E-state index is -0.247. The Morgan fingerprint density at radius 3 is 2.68 bits per heavy atom. The number of hydrogen-bond donors (Lipinski definition) is 2. The van der Waals surface area contributed by atoms with Crippen LogP contribution < -0.4 is 15.4 Å². The zero-order valence-corrected chi connectivity index (χ0v) is 13.3. The molecule has 5 nitrogen and oxygen atoms in total. The van der Waals surface area contributed by atoms with E-state index in [1.807, 2.05) is 24.4 Å². The number of carbonyl (C=O) groups excluding carboxylic acids is 2. The molecule has 1 unspecified atom stereocenters. The predicted octanol–water partition coefficient (Wildman–Crippen LogP) is 2.36. The van der Waals surface area contributed by atoms with Gasteiger partial charge in [0.15, 0.2) is 6.61 Å². The molecular weight excluding hydrogens is 300 g/mol. The van der Waals surface area contributed by atoms with Gasteiger partial charge in [-0.25, -0.2) is 0 Å². The van der Waals surface area contributed by atoms with Crippen molar-refractivity contribution in [1.29, 1.82) is 0 Å². The molecule has 2 N–H and O–H groups in total. The summed E-state index contributed by atoms with van der Waals surface area (Å²) in [5, 5.41) is 7.37. The summed E-state index contributed by atoms with van der Waals surface area (Å²) in [6.07, 6.45) is 0. The van der Waals surface area contributed by atoms with Gasteiger partial charge in [0.25, 0.3) is 11.8 Å². The van der Waals surface area contributed by atoms with Crippen LogP contribution in [0.15, 0.2) is 41.8 Å². The van der Waals surface area contributed by atoms with Crippen LogP contribution >= 0.6 is 11.3 Å². The molecule has 0 aliphatic carbocycles. The second-order valence-electron chi connectivity index (χ2n) is 4.67. The molecule has 0 saturated heterocycles. The summed E-state index contributed by atoms with van der Waals surface area (Å²) >= 11 is 1.59. The number of carbonyl (C=O) groups is 2. The molecule has 1 heterocycles. The number of thiophene rings is 1. The largest absolute Gasteiger partial charge is 0.483 e. The van der Waals surface area contributed by atoms with Gasteiger partial charge in [0.1, 0.15) is 5.75 Å². The van der Waals surface area contributed by atoms with Crippen molar-refractivity contribution in [1.82, 2.24) is 10.6 Å². The molecule has 0 spiro atoms. The van der Waals surface area contributed by atoms with Crippen LogP contribution in [0.25, 0.3) is 0 Å². The molecule has 1 atom stereocenters. The fourth-order valence-electron chi connectivity index (χ4n) is 1.95. The molecule has 116 valence electrons. The van der Waals surface area contributed by atoms with Gasteiger partial charge >= 0.3 is 0 Å². The van der Waals surface area contributed by atoms with E-state index in [4.69, 9.17) is 4.74 Å². The van der Waals surface area contributed by atoms with Gasteiger partial charge in [-0.3, -0.25) is 9.59 Å². The Kier molecular flexibility index (Phi) is 5.55. The van der Waals surface area contributed by atoms with Gasteiger partial charge in [0.05, 0.1) is 11.6 Å².